The van der Waals surface area contributed by atoms with Gasteiger partial charge in [0.2, 0.25) is 5.91 Å². The number of aromatic nitrogens is 3. The maximum Gasteiger partial charge on any atom is 0.346 e. The third-order valence-corrected chi connectivity index (χ3v) is 5.02. The van der Waals surface area contributed by atoms with Crippen LogP contribution in [0.2, 0.25) is 0 Å². The molecule has 3 aromatic rings. The van der Waals surface area contributed by atoms with Gasteiger partial charge in [-0.15, -0.1) is 16.4 Å². The minimum atomic E-state index is -0.260. The second-order valence-corrected chi connectivity index (χ2v) is 7.20. The zero-order valence-electron chi connectivity index (χ0n) is 13.8. The maximum atomic E-state index is 12.7. The second-order valence-electron chi connectivity index (χ2n) is 6.26. The molecule has 0 aliphatic heterocycles. The Morgan fingerprint density at radius 1 is 1.28 bits per heavy atom. The Hall–Kier alpha value is -2.67. The lowest BCUT2D eigenvalue weighted by Crippen LogP contribution is -2.30. The number of nitrogens with zero attached hydrogens (tertiary/aromatic N) is 3. The fraction of sp³-hybridized carbons (Fsp3) is 0.278. The lowest BCUT2D eigenvalue weighted by atomic mass is 10.2. The number of amides is 1. The molecule has 4 rings (SSSR count). The number of carbonyl (C=O) groups is 1. The van der Waals surface area contributed by atoms with E-state index in [1.54, 1.807) is 15.9 Å². The minimum Gasteiger partial charge on any atom is -0.324 e. The van der Waals surface area contributed by atoms with Gasteiger partial charge in [0.1, 0.15) is 6.54 Å². The van der Waals surface area contributed by atoms with Crippen molar-refractivity contribution in [3.63, 3.8) is 0 Å². The van der Waals surface area contributed by atoms with E-state index in [9.17, 15) is 9.59 Å². The lowest BCUT2D eigenvalue weighted by Gasteiger charge is -2.05. The highest BCUT2D eigenvalue weighted by atomic mass is 32.1. The third-order valence-electron chi connectivity index (χ3n) is 4.15. The molecule has 7 heteroatoms. The van der Waals surface area contributed by atoms with Crippen molar-refractivity contribution in [1.82, 2.24) is 14.3 Å². The van der Waals surface area contributed by atoms with Crippen LogP contribution in [0.25, 0.3) is 10.7 Å². The van der Waals surface area contributed by atoms with Gasteiger partial charge in [0.05, 0.1) is 4.88 Å². The van der Waals surface area contributed by atoms with Crippen LogP contribution in [-0.4, -0.2) is 20.3 Å². The van der Waals surface area contributed by atoms with E-state index in [4.69, 9.17) is 0 Å². The molecule has 0 spiro atoms. The summed E-state index contributed by atoms with van der Waals surface area (Å²) in [4.78, 5) is 25.9. The molecular formula is C18H18N4O2S. The number of anilines is 1. The summed E-state index contributed by atoms with van der Waals surface area (Å²) in [6.07, 6.45) is 1.97. The molecule has 25 heavy (non-hydrogen) atoms. The summed E-state index contributed by atoms with van der Waals surface area (Å²) in [6.45, 7) is 1.90. The Kier molecular flexibility index (Phi) is 4.01. The van der Waals surface area contributed by atoms with Crippen molar-refractivity contribution < 1.29 is 4.79 Å². The molecular weight excluding hydrogens is 336 g/mol. The van der Waals surface area contributed by atoms with E-state index in [0.29, 0.717) is 11.5 Å². The van der Waals surface area contributed by atoms with Gasteiger partial charge in [-0.1, -0.05) is 23.8 Å². The zero-order valence-corrected chi connectivity index (χ0v) is 14.6. The van der Waals surface area contributed by atoms with E-state index < -0.39 is 0 Å². The summed E-state index contributed by atoms with van der Waals surface area (Å²) in [5.41, 5.74) is 1.62. The normalized spacial score (nSPS) is 13.8. The lowest BCUT2D eigenvalue weighted by molar-refractivity contribution is -0.117. The summed E-state index contributed by atoms with van der Waals surface area (Å²) in [5, 5.41) is 9.19. The zero-order chi connectivity index (χ0) is 17.4. The first kappa shape index (κ1) is 15.8. The van der Waals surface area contributed by atoms with Gasteiger partial charge in [-0.2, -0.15) is 0 Å². The molecule has 0 atom stereocenters. The van der Waals surface area contributed by atoms with E-state index >= 15 is 0 Å². The van der Waals surface area contributed by atoms with Crippen molar-refractivity contribution in [2.24, 2.45) is 0 Å². The number of rotatable bonds is 5. The molecule has 1 aliphatic rings. The van der Waals surface area contributed by atoms with E-state index in [0.717, 1.165) is 23.3 Å². The van der Waals surface area contributed by atoms with Gasteiger partial charge in [-0.25, -0.2) is 9.48 Å². The molecule has 1 saturated carbocycles. The van der Waals surface area contributed by atoms with Crippen LogP contribution in [0.3, 0.4) is 0 Å². The van der Waals surface area contributed by atoms with Gasteiger partial charge in [0.15, 0.2) is 5.82 Å². The van der Waals surface area contributed by atoms with Crippen molar-refractivity contribution in [3.05, 3.63) is 57.8 Å². The third kappa shape index (κ3) is 3.28. The molecule has 1 fully saturated rings. The van der Waals surface area contributed by atoms with E-state index in [2.05, 4.69) is 10.4 Å². The summed E-state index contributed by atoms with van der Waals surface area (Å²) in [5.74, 6) is 0.398. The van der Waals surface area contributed by atoms with Crippen molar-refractivity contribution >= 4 is 22.9 Å². The van der Waals surface area contributed by atoms with Gasteiger partial charge < -0.3 is 5.32 Å². The van der Waals surface area contributed by atoms with Crippen molar-refractivity contribution in [1.29, 1.82) is 0 Å². The fourth-order valence-electron chi connectivity index (χ4n) is 2.73. The van der Waals surface area contributed by atoms with Crippen LogP contribution < -0.4 is 11.0 Å². The largest absolute Gasteiger partial charge is 0.346 e. The van der Waals surface area contributed by atoms with Gasteiger partial charge in [-0.3, -0.25) is 9.36 Å². The second kappa shape index (κ2) is 6.33. The molecule has 6 nitrogen and oxygen atoms in total. The molecule has 0 saturated heterocycles. The van der Waals surface area contributed by atoms with E-state index in [1.807, 2.05) is 48.7 Å². The highest BCUT2D eigenvalue weighted by molar-refractivity contribution is 7.13. The van der Waals surface area contributed by atoms with Crippen molar-refractivity contribution in [3.8, 4) is 10.7 Å². The average Bonchev–Trinajstić information content (AvgIpc) is 3.17. The van der Waals surface area contributed by atoms with Crippen LogP contribution >= 0.6 is 11.3 Å². The Morgan fingerprint density at radius 2 is 2.04 bits per heavy atom. The summed E-state index contributed by atoms with van der Waals surface area (Å²) in [6, 6.07) is 11.6. The smallest absolute Gasteiger partial charge is 0.324 e. The summed E-state index contributed by atoms with van der Waals surface area (Å²) in [7, 11) is 0. The van der Waals surface area contributed by atoms with Gasteiger partial charge >= 0.3 is 5.69 Å². The van der Waals surface area contributed by atoms with Gasteiger partial charge in [0, 0.05) is 11.7 Å². The number of nitrogens with one attached hydrogen (secondary N) is 1. The molecule has 128 valence electrons. The molecule has 0 radical (unpaired) electrons. The van der Waals surface area contributed by atoms with Gasteiger partial charge in [0.25, 0.3) is 0 Å². The molecule has 2 heterocycles. The fourth-order valence-corrected chi connectivity index (χ4v) is 3.44. The van der Waals surface area contributed by atoms with Crippen LogP contribution in [-0.2, 0) is 11.3 Å². The highest BCUT2D eigenvalue weighted by Crippen LogP contribution is 2.37. The number of benzene rings is 1. The molecule has 1 aliphatic carbocycles. The number of hydrogen-bond acceptors (Lipinski definition) is 4. The monoisotopic (exact) mass is 354 g/mol. The Bertz CT molecular complexity index is 950. The molecule has 1 aromatic carbocycles. The van der Waals surface area contributed by atoms with Crippen LogP contribution in [0.5, 0.6) is 0 Å². The van der Waals surface area contributed by atoms with Crippen LogP contribution in [0.4, 0.5) is 5.69 Å². The number of thiophene rings is 1. The maximum absolute atomic E-state index is 12.7. The Balaban J connectivity index is 1.58. The SMILES string of the molecule is Cc1ccc(NC(=O)Cn2nc(-c3cccs3)n(C3CC3)c2=O)cc1. The van der Waals surface area contributed by atoms with E-state index in [-0.39, 0.29) is 24.2 Å². The Labute approximate surface area is 148 Å². The van der Waals surface area contributed by atoms with Gasteiger partial charge in [-0.05, 0) is 43.3 Å². The van der Waals surface area contributed by atoms with E-state index in [1.165, 1.54) is 4.68 Å². The molecule has 2 aromatic heterocycles. The number of aryl methyl sites for hydroxylation is 1. The molecule has 0 bridgehead atoms. The molecule has 1 N–H and O–H groups in total. The predicted octanol–water partition coefficient (Wildman–Crippen LogP) is 3.06. The first-order chi connectivity index (χ1) is 12.1. The minimum absolute atomic E-state index is 0.0925. The molecule has 1 amide bonds. The highest BCUT2D eigenvalue weighted by Gasteiger charge is 2.31. The first-order valence-electron chi connectivity index (χ1n) is 8.21. The average molecular weight is 354 g/mol. The van der Waals surface area contributed by atoms with Crippen LogP contribution in [0.15, 0.2) is 46.6 Å². The van der Waals surface area contributed by atoms with Crippen molar-refractivity contribution in [2.45, 2.75) is 32.4 Å². The quantitative estimate of drug-likeness (QED) is 0.766. The Morgan fingerprint density at radius 3 is 2.68 bits per heavy atom. The predicted molar refractivity (Wildman–Crippen MR) is 97.9 cm³/mol. The summed E-state index contributed by atoms with van der Waals surface area (Å²) < 4.78 is 2.99. The van der Waals surface area contributed by atoms with Crippen LogP contribution in [0.1, 0.15) is 24.4 Å². The van der Waals surface area contributed by atoms with Crippen molar-refractivity contribution in [2.75, 3.05) is 5.32 Å². The first-order valence-corrected chi connectivity index (χ1v) is 9.09. The standard InChI is InChI=1S/C18H18N4O2S/c1-12-4-6-13(7-5-12)19-16(23)11-21-18(24)22(14-8-9-14)17(20-21)15-3-2-10-25-15/h2-7,10,14H,8-9,11H2,1H3,(H,19,23). The topological polar surface area (TPSA) is 68.9 Å². The molecule has 0 unspecified atom stereocenters. The summed E-state index contributed by atoms with van der Waals surface area (Å²) >= 11 is 1.54. The number of hydrogen-bond donors (Lipinski definition) is 1. The van der Waals surface area contributed by atoms with Crippen LogP contribution in [0, 0.1) is 6.92 Å². The number of carbonyl (C=O) groups excluding carboxylic acids is 1.